The van der Waals surface area contributed by atoms with E-state index in [4.69, 9.17) is 9.47 Å². The van der Waals surface area contributed by atoms with Gasteiger partial charge < -0.3 is 19.7 Å². The molecule has 184 valence electrons. The maximum atomic E-state index is 13.4. The van der Waals surface area contributed by atoms with Crippen LogP contribution in [0.4, 0.5) is 11.4 Å². The smallest absolute Gasteiger partial charge is 0.265 e. The van der Waals surface area contributed by atoms with Gasteiger partial charge in [0.25, 0.3) is 5.91 Å². The molecule has 0 saturated heterocycles. The molecule has 35 heavy (non-hydrogen) atoms. The molecule has 7 rings (SSSR count). The molecule has 1 heterocycles. The first-order chi connectivity index (χ1) is 17.0. The molecule has 1 aliphatic heterocycles. The molecule has 0 spiro atoms. The molecule has 6 nitrogen and oxygen atoms in total. The largest absolute Gasteiger partial charge is 0.494 e. The van der Waals surface area contributed by atoms with Crippen LogP contribution >= 0.6 is 0 Å². The Balaban J connectivity index is 1.09. The van der Waals surface area contributed by atoms with E-state index >= 15 is 0 Å². The monoisotopic (exact) mass is 474 g/mol. The average Bonchev–Trinajstić information content (AvgIpc) is 2.83. The molecule has 6 heteroatoms. The molecule has 0 atom stereocenters. The van der Waals surface area contributed by atoms with E-state index in [1.54, 1.807) is 4.90 Å². The van der Waals surface area contributed by atoms with Crippen molar-refractivity contribution in [3.8, 4) is 11.5 Å². The van der Waals surface area contributed by atoms with E-state index < -0.39 is 0 Å². The Morgan fingerprint density at radius 1 is 1.06 bits per heavy atom. The predicted molar refractivity (Wildman–Crippen MR) is 135 cm³/mol. The van der Waals surface area contributed by atoms with E-state index in [1.807, 2.05) is 49.4 Å². The van der Waals surface area contributed by atoms with E-state index in [0.29, 0.717) is 25.3 Å². The summed E-state index contributed by atoms with van der Waals surface area (Å²) in [5, 5.41) is 3.21. The van der Waals surface area contributed by atoms with E-state index in [-0.39, 0.29) is 23.8 Å². The maximum absolute atomic E-state index is 13.4. The summed E-state index contributed by atoms with van der Waals surface area (Å²) in [7, 11) is 0. The summed E-state index contributed by atoms with van der Waals surface area (Å²) in [6.45, 7) is 3.14. The fourth-order valence-electron chi connectivity index (χ4n) is 7.23. The number of ether oxygens (including phenoxy) is 2. The van der Waals surface area contributed by atoms with Crippen LogP contribution in [-0.4, -0.2) is 31.6 Å². The minimum absolute atomic E-state index is 0.0121. The van der Waals surface area contributed by atoms with E-state index in [9.17, 15) is 9.59 Å². The van der Waals surface area contributed by atoms with Gasteiger partial charge in [-0.15, -0.1) is 0 Å². The summed E-state index contributed by atoms with van der Waals surface area (Å²) in [4.78, 5) is 27.8. The molecule has 2 amide bonds. The highest BCUT2D eigenvalue weighted by atomic mass is 16.5. The second-order valence-electron chi connectivity index (χ2n) is 11.2. The lowest BCUT2D eigenvalue weighted by Crippen LogP contribution is -2.51. The Labute approximate surface area is 207 Å². The van der Waals surface area contributed by atoms with Crippen LogP contribution in [0, 0.1) is 30.1 Å². The van der Waals surface area contributed by atoms with Crippen molar-refractivity contribution in [1.82, 2.24) is 0 Å². The van der Waals surface area contributed by atoms with E-state index in [1.165, 1.54) is 24.8 Å². The van der Waals surface area contributed by atoms with Gasteiger partial charge in [-0.2, -0.15) is 0 Å². The van der Waals surface area contributed by atoms with Crippen LogP contribution in [0.25, 0.3) is 0 Å². The fraction of sp³-hybridized carbons (Fsp3) is 0.517. The SMILES string of the molecule is Cc1ccc(OCCCN2C(=O)COc3cc(NC(=O)C45CC6CC(CC(C6)C4)C5)ccc32)cc1. The van der Waals surface area contributed by atoms with E-state index in [0.717, 1.165) is 54.1 Å². The van der Waals surface area contributed by atoms with Crippen molar-refractivity contribution in [3.05, 3.63) is 48.0 Å². The third kappa shape index (κ3) is 4.39. The molecule has 1 N–H and O–H groups in total. The Morgan fingerprint density at radius 2 is 1.74 bits per heavy atom. The minimum Gasteiger partial charge on any atom is -0.494 e. The lowest BCUT2D eigenvalue weighted by molar-refractivity contribution is -0.140. The van der Waals surface area contributed by atoms with Gasteiger partial charge in [-0.1, -0.05) is 17.7 Å². The van der Waals surface area contributed by atoms with Gasteiger partial charge in [-0.3, -0.25) is 9.59 Å². The molecular formula is C29H34N2O4. The number of aryl methyl sites for hydroxylation is 1. The Hall–Kier alpha value is -3.02. The van der Waals surface area contributed by atoms with Gasteiger partial charge in [0.15, 0.2) is 6.61 Å². The number of benzene rings is 2. The molecule has 5 aliphatic rings. The third-order valence-electron chi connectivity index (χ3n) is 8.50. The van der Waals surface area contributed by atoms with Crippen molar-refractivity contribution in [3.63, 3.8) is 0 Å². The molecule has 4 saturated carbocycles. The van der Waals surface area contributed by atoms with Crippen LogP contribution < -0.4 is 19.7 Å². The molecule has 2 aromatic rings. The molecule has 0 aromatic heterocycles. The molecule has 4 bridgehead atoms. The van der Waals surface area contributed by atoms with Gasteiger partial charge in [0.1, 0.15) is 11.5 Å². The van der Waals surface area contributed by atoms with Crippen LogP contribution in [0.5, 0.6) is 11.5 Å². The quantitative estimate of drug-likeness (QED) is 0.550. The Kier molecular flexibility index (Phi) is 5.70. The lowest BCUT2D eigenvalue weighted by Gasteiger charge is -2.55. The first-order valence-electron chi connectivity index (χ1n) is 13.1. The third-order valence-corrected chi connectivity index (χ3v) is 8.50. The number of hydrogen-bond donors (Lipinski definition) is 1. The van der Waals surface area contributed by atoms with Crippen LogP contribution in [-0.2, 0) is 9.59 Å². The summed E-state index contributed by atoms with van der Waals surface area (Å²) < 4.78 is 11.6. The van der Waals surface area contributed by atoms with Crippen molar-refractivity contribution in [2.24, 2.45) is 23.2 Å². The summed E-state index contributed by atoms with van der Waals surface area (Å²) in [6.07, 6.45) is 7.79. The number of carbonyl (C=O) groups is 2. The van der Waals surface area contributed by atoms with Crippen molar-refractivity contribution in [1.29, 1.82) is 0 Å². The van der Waals surface area contributed by atoms with Crippen LogP contribution in [0.15, 0.2) is 42.5 Å². The summed E-state index contributed by atoms with van der Waals surface area (Å²) in [6, 6.07) is 13.6. The molecule has 0 radical (unpaired) electrons. The lowest BCUT2D eigenvalue weighted by atomic mass is 9.49. The summed E-state index contributed by atoms with van der Waals surface area (Å²) >= 11 is 0. The van der Waals surface area contributed by atoms with Gasteiger partial charge in [-0.05, 0) is 93.9 Å². The van der Waals surface area contributed by atoms with Crippen LogP contribution in [0.3, 0.4) is 0 Å². The normalized spacial score (nSPS) is 28.4. The number of nitrogens with zero attached hydrogens (tertiary/aromatic N) is 1. The van der Waals surface area contributed by atoms with Gasteiger partial charge in [0, 0.05) is 18.3 Å². The van der Waals surface area contributed by atoms with Gasteiger partial charge in [0.2, 0.25) is 5.91 Å². The number of fused-ring (bicyclic) bond motifs is 1. The molecule has 2 aromatic carbocycles. The molecule has 0 unspecified atom stereocenters. The standard InChI is InChI=1S/C29H34N2O4/c1-19-3-6-24(7-4-19)34-10-2-9-31-25-8-5-23(14-26(25)35-18-27(31)32)30-28(33)29-15-20-11-21(16-29)13-22(12-20)17-29/h3-8,14,20-22H,2,9-13,15-18H2,1H3,(H,30,33). The number of nitrogens with one attached hydrogen (secondary N) is 1. The molecular weight excluding hydrogens is 440 g/mol. The van der Waals surface area contributed by atoms with Gasteiger partial charge in [0.05, 0.1) is 17.7 Å². The predicted octanol–water partition coefficient (Wildman–Crippen LogP) is 5.34. The van der Waals surface area contributed by atoms with E-state index in [2.05, 4.69) is 5.32 Å². The number of hydrogen-bond acceptors (Lipinski definition) is 4. The fourth-order valence-corrected chi connectivity index (χ4v) is 7.23. The topological polar surface area (TPSA) is 67.9 Å². The summed E-state index contributed by atoms with van der Waals surface area (Å²) in [5.41, 5.74) is 2.51. The zero-order valence-corrected chi connectivity index (χ0v) is 20.4. The average molecular weight is 475 g/mol. The van der Waals surface area contributed by atoms with Crippen molar-refractivity contribution < 1.29 is 19.1 Å². The van der Waals surface area contributed by atoms with Gasteiger partial charge >= 0.3 is 0 Å². The zero-order valence-electron chi connectivity index (χ0n) is 20.4. The van der Waals surface area contributed by atoms with Crippen molar-refractivity contribution in [2.45, 2.75) is 51.9 Å². The summed E-state index contributed by atoms with van der Waals surface area (Å²) in [5.74, 6) is 3.79. The number of amides is 2. The van der Waals surface area contributed by atoms with Crippen molar-refractivity contribution >= 4 is 23.2 Å². The van der Waals surface area contributed by atoms with Crippen LogP contribution in [0.2, 0.25) is 0 Å². The highest BCUT2D eigenvalue weighted by Gasteiger charge is 2.54. The minimum atomic E-state index is -0.190. The first kappa shape index (κ1) is 22.4. The molecule has 4 aliphatic carbocycles. The highest BCUT2D eigenvalue weighted by molar-refractivity contribution is 6.00. The second-order valence-corrected chi connectivity index (χ2v) is 11.2. The Morgan fingerprint density at radius 3 is 2.43 bits per heavy atom. The number of anilines is 2. The van der Waals surface area contributed by atoms with Crippen LogP contribution in [0.1, 0.15) is 50.5 Å². The van der Waals surface area contributed by atoms with Gasteiger partial charge in [-0.25, -0.2) is 0 Å². The van der Waals surface area contributed by atoms with Crippen molar-refractivity contribution in [2.75, 3.05) is 30.0 Å². The molecule has 4 fully saturated rings. The first-order valence-corrected chi connectivity index (χ1v) is 13.1. The Bertz CT molecular complexity index is 1090. The zero-order chi connectivity index (χ0) is 24.0. The number of carbonyl (C=O) groups excluding carboxylic acids is 2. The highest BCUT2D eigenvalue weighted by Crippen LogP contribution is 2.60. The maximum Gasteiger partial charge on any atom is 0.265 e. The number of rotatable bonds is 7. The second kappa shape index (κ2) is 8.89.